The second-order valence-electron chi connectivity index (χ2n) is 5.14. The van der Waals surface area contributed by atoms with E-state index in [0.717, 1.165) is 11.0 Å². The summed E-state index contributed by atoms with van der Waals surface area (Å²) in [6, 6.07) is 13.7. The van der Waals surface area contributed by atoms with Gasteiger partial charge in [-0.25, -0.2) is 13.4 Å². The maximum Gasteiger partial charge on any atom is 0.258 e. The molecule has 1 aromatic heterocycles. The number of aromatic amines is 1. The van der Waals surface area contributed by atoms with Gasteiger partial charge in [0.15, 0.2) is 0 Å². The molecule has 1 amide bonds. The van der Waals surface area contributed by atoms with Crippen LogP contribution in [0.25, 0.3) is 11.0 Å². The van der Waals surface area contributed by atoms with Crippen molar-refractivity contribution in [3.8, 4) is 0 Å². The molecule has 0 aliphatic heterocycles. The van der Waals surface area contributed by atoms with Crippen LogP contribution in [0.1, 0.15) is 17.3 Å². The third-order valence-electron chi connectivity index (χ3n) is 3.40. The molecular weight excluding hydrogens is 328 g/mol. The standard InChI is InChI=1S/C16H16N4O3S/c1-2-24(22,23)20-12-7-5-6-11(10-12)15(21)19-16-17-13-8-3-4-9-14(13)18-16/h3-10,20H,2H2,1H3,(H2,17,18,19,21). The predicted molar refractivity (Wildman–Crippen MR) is 93.6 cm³/mol. The van der Waals surface area contributed by atoms with Crippen LogP contribution < -0.4 is 10.0 Å². The summed E-state index contributed by atoms with van der Waals surface area (Å²) in [5.41, 5.74) is 2.23. The van der Waals surface area contributed by atoms with Gasteiger partial charge in [0.25, 0.3) is 5.91 Å². The summed E-state index contributed by atoms with van der Waals surface area (Å²) in [5.74, 6) is -0.0880. The van der Waals surface area contributed by atoms with E-state index in [2.05, 4.69) is 20.0 Å². The highest BCUT2D eigenvalue weighted by molar-refractivity contribution is 7.92. The molecule has 3 N–H and O–H groups in total. The number of amides is 1. The molecule has 3 aromatic rings. The number of nitrogens with zero attached hydrogens (tertiary/aromatic N) is 1. The van der Waals surface area contributed by atoms with Crippen LogP contribution in [0.3, 0.4) is 0 Å². The van der Waals surface area contributed by atoms with Crippen molar-refractivity contribution in [3.63, 3.8) is 0 Å². The fourth-order valence-electron chi connectivity index (χ4n) is 2.17. The summed E-state index contributed by atoms with van der Waals surface area (Å²) >= 11 is 0. The van der Waals surface area contributed by atoms with E-state index >= 15 is 0 Å². The Labute approximate surface area is 139 Å². The average Bonchev–Trinajstić information content (AvgIpc) is 2.97. The molecule has 0 radical (unpaired) electrons. The maximum atomic E-state index is 12.3. The number of hydrogen-bond acceptors (Lipinski definition) is 4. The number of anilines is 2. The molecule has 0 saturated carbocycles. The van der Waals surface area contributed by atoms with Crippen molar-refractivity contribution >= 4 is 38.6 Å². The van der Waals surface area contributed by atoms with E-state index in [1.54, 1.807) is 25.1 Å². The van der Waals surface area contributed by atoms with E-state index in [9.17, 15) is 13.2 Å². The Bertz CT molecular complexity index is 962. The number of nitrogens with one attached hydrogen (secondary N) is 3. The summed E-state index contributed by atoms with van der Waals surface area (Å²) in [5, 5.41) is 2.67. The fraction of sp³-hybridized carbons (Fsp3) is 0.125. The molecule has 0 aliphatic carbocycles. The zero-order valence-electron chi connectivity index (χ0n) is 12.9. The first-order valence-corrected chi connectivity index (χ1v) is 8.99. The lowest BCUT2D eigenvalue weighted by Crippen LogP contribution is -2.16. The highest BCUT2D eigenvalue weighted by Gasteiger charge is 2.12. The van der Waals surface area contributed by atoms with Crippen LogP contribution in [0.2, 0.25) is 0 Å². The molecule has 3 rings (SSSR count). The molecule has 1 heterocycles. The summed E-state index contributed by atoms with van der Waals surface area (Å²) in [4.78, 5) is 19.6. The van der Waals surface area contributed by atoms with E-state index in [1.807, 2.05) is 24.3 Å². The zero-order valence-corrected chi connectivity index (χ0v) is 13.7. The molecule has 124 valence electrons. The lowest BCUT2D eigenvalue weighted by Gasteiger charge is -2.07. The van der Waals surface area contributed by atoms with Crippen LogP contribution in [0.5, 0.6) is 0 Å². The van der Waals surface area contributed by atoms with Crippen molar-refractivity contribution in [2.45, 2.75) is 6.92 Å². The largest absolute Gasteiger partial charge is 0.324 e. The van der Waals surface area contributed by atoms with Gasteiger partial charge in [0.1, 0.15) is 0 Å². The number of aromatic nitrogens is 2. The van der Waals surface area contributed by atoms with Crippen LogP contribution in [0.15, 0.2) is 48.5 Å². The molecule has 0 aliphatic rings. The SMILES string of the molecule is CCS(=O)(=O)Nc1cccc(C(=O)Nc2nc3ccccc3[nH]2)c1. The van der Waals surface area contributed by atoms with E-state index < -0.39 is 10.0 Å². The molecule has 0 spiro atoms. The first-order valence-electron chi connectivity index (χ1n) is 7.33. The quantitative estimate of drug-likeness (QED) is 0.661. The molecule has 0 unspecified atom stereocenters. The molecular formula is C16H16N4O3S. The van der Waals surface area contributed by atoms with Gasteiger partial charge < -0.3 is 4.98 Å². The third kappa shape index (κ3) is 3.54. The number of carbonyl (C=O) groups excluding carboxylic acids is 1. The van der Waals surface area contributed by atoms with Crippen LogP contribution in [-0.4, -0.2) is 30.0 Å². The van der Waals surface area contributed by atoms with Crippen molar-refractivity contribution in [1.29, 1.82) is 0 Å². The van der Waals surface area contributed by atoms with Gasteiger partial charge in [-0.1, -0.05) is 18.2 Å². The number of imidazole rings is 1. The Morgan fingerprint density at radius 3 is 2.71 bits per heavy atom. The number of hydrogen-bond donors (Lipinski definition) is 3. The first kappa shape index (κ1) is 16.0. The number of carbonyl (C=O) groups is 1. The zero-order chi connectivity index (χ0) is 17.2. The van der Waals surface area contributed by atoms with Crippen LogP contribution in [0, 0.1) is 0 Å². The van der Waals surface area contributed by atoms with Gasteiger partial charge >= 0.3 is 0 Å². The molecule has 24 heavy (non-hydrogen) atoms. The minimum absolute atomic E-state index is 0.0393. The fourth-order valence-corrected chi connectivity index (χ4v) is 2.80. The highest BCUT2D eigenvalue weighted by Crippen LogP contribution is 2.16. The average molecular weight is 344 g/mol. The van der Waals surface area contributed by atoms with Gasteiger partial charge in [0.2, 0.25) is 16.0 Å². The molecule has 0 bridgehead atoms. The predicted octanol–water partition coefficient (Wildman–Crippen LogP) is 2.58. The van der Waals surface area contributed by atoms with Crippen molar-refractivity contribution < 1.29 is 13.2 Å². The van der Waals surface area contributed by atoms with E-state index in [4.69, 9.17) is 0 Å². The summed E-state index contributed by atoms with van der Waals surface area (Å²) in [6.45, 7) is 1.54. The Morgan fingerprint density at radius 2 is 1.96 bits per heavy atom. The van der Waals surface area contributed by atoms with Gasteiger partial charge in [-0.3, -0.25) is 14.8 Å². The van der Waals surface area contributed by atoms with Gasteiger partial charge in [-0.15, -0.1) is 0 Å². The number of para-hydroxylation sites is 2. The first-order chi connectivity index (χ1) is 11.5. The van der Waals surface area contributed by atoms with Crippen molar-refractivity contribution in [3.05, 3.63) is 54.1 Å². The molecule has 7 nitrogen and oxygen atoms in total. The van der Waals surface area contributed by atoms with Gasteiger partial charge in [0.05, 0.1) is 16.8 Å². The molecule has 8 heteroatoms. The number of benzene rings is 2. The van der Waals surface area contributed by atoms with Gasteiger partial charge in [-0.05, 0) is 37.3 Å². The van der Waals surface area contributed by atoms with E-state index in [0.29, 0.717) is 17.2 Å². The summed E-state index contributed by atoms with van der Waals surface area (Å²) in [6.07, 6.45) is 0. The molecule has 2 aromatic carbocycles. The number of rotatable bonds is 5. The van der Waals surface area contributed by atoms with Crippen molar-refractivity contribution in [1.82, 2.24) is 9.97 Å². The van der Waals surface area contributed by atoms with Crippen molar-refractivity contribution in [2.24, 2.45) is 0 Å². The number of sulfonamides is 1. The second kappa shape index (κ2) is 6.32. The highest BCUT2D eigenvalue weighted by atomic mass is 32.2. The van der Waals surface area contributed by atoms with Crippen LogP contribution in [0.4, 0.5) is 11.6 Å². The summed E-state index contributed by atoms with van der Waals surface area (Å²) in [7, 11) is -3.39. The topological polar surface area (TPSA) is 104 Å². The number of fused-ring (bicyclic) bond motifs is 1. The number of H-pyrrole nitrogens is 1. The molecule has 0 saturated heterocycles. The summed E-state index contributed by atoms with van der Waals surface area (Å²) < 4.78 is 25.6. The Morgan fingerprint density at radius 1 is 1.17 bits per heavy atom. The molecule has 0 atom stereocenters. The lowest BCUT2D eigenvalue weighted by atomic mass is 10.2. The smallest absolute Gasteiger partial charge is 0.258 e. The lowest BCUT2D eigenvalue weighted by molar-refractivity contribution is 0.102. The Kier molecular flexibility index (Phi) is 4.22. The normalized spacial score (nSPS) is 11.4. The monoisotopic (exact) mass is 344 g/mol. The van der Waals surface area contributed by atoms with Gasteiger partial charge in [-0.2, -0.15) is 0 Å². The minimum atomic E-state index is -3.39. The third-order valence-corrected chi connectivity index (χ3v) is 4.71. The Hall–Kier alpha value is -2.87. The van der Waals surface area contributed by atoms with Crippen LogP contribution in [-0.2, 0) is 10.0 Å². The molecule has 0 fully saturated rings. The van der Waals surface area contributed by atoms with Crippen LogP contribution >= 0.6 is 0 Å². The minimum Gasteiger partial charge on any atom is -0.324 e. The van der Waals surface area contributed by atoms with E-state index in [1.165, 1.54) is 6.07 Å². The van der Waals surface area contributed by atoms with E-state index in [-0.39, 0.29) is 11.7 Å². The van der Waals surface area contributed by atoms with Gasteiger partial charge in [0, 0.05) is 11.3 Å². The van der Waals surface area contributed by atoms with Crippen molar-refractivity contribution in [2.75, 3.05) is 15.8 Å². The second-order valence-corrected chi connectivity index (χ2v) is 7.15. The maximum absolute atomic E-state index is 12.3. The Balaban J connectivity index is 1.79.